The number of amides is 1. The van der Waals surface area contributed by atoms with Gasteiger partial charge in [-0.15, -0.1) is 10.2 Å². The van der Waals surface area contributed by atoms with Crippen LogP contribution in [0.2, 0.25) is 0 Å². The van der Waals surface area contributed by atoms with E-state index in [9.17, 15) is 4.79 Å². The fraction of sp³-hybridized carbons (Fsp3) is 0.348. The minimum Gasteiger partial charge on any atom is -0.372 e. The molecular formula is C23H29N5OS. The van der Waals surface area contributed by atoms with E-state index in [0.29, 0.717) is 5.75 Å². The summed E-state index contributed by atoms with van der Waals surface area (Å²) in [6.45, 7) is 8.25. The third-order valence-corrected chi connectivity index (χ3v) is 6.12. The summed E-state index contributed by atoms with van der Waals surface area (Å²) in [7, 11) is 1.93. The molecule has 1 aromatic heterocycles. The van der Waals surface area contributed by atoms with Gasteiger partial charge in [0.05, 0.1) is 11.8 Å². The highest BCUT2D eigenvalue weighted by Gasteiger charge is 2.15. The van der Waals surface area contributed by atoms with Crippen LogP contribution in [-0.4, -0.2) is 39.5 Å². The van der Waals surface area contributed by atoms with Gasteiger partial charge in [0, 0.05) is 31.4 Å². The lowest BCUT2D eigenvalue weighted by atomic mass is 10.1. The topological polar surface area (TPSA) is 63.1 Å². The molecule has 6 nitrogen and oxygen atoms in total. The van der Waals surface area contributed by atoms with Crippen molar-refractivity contribution in [1.29, 1.82) is 0 Å². The van der Waals surface area contributed by atoms with Crippen LogP contribution in [0, 0.1) is 0 Å². The van der Waals surface area contributed by atoms with Gasteiger partial charge < -0.3 is 14.8 Å². The summed E-state index contributed by atoms with van der Waals surface area (Å²) in [5, 5.41) is 12.4. The molecule has 1 N–H and O–H groups in total. The molecule has 0 spiro atoms. The third kappa shape index (κ3) is 5.21. The van der Waals surface area contributed by atoms with E-state index >= 15 is 0 Å². The van der Waals surface area contributed by atoms with Gasteiger partial charge in [-0.25, -0.2) is 0 Å². The molecule has 7 heteroatoms. The molecule has 3 aromatic rings. The van der Waals surface area contributed by atoms with E-state index in [1.54, 1.807) is 0 Å². The van der Waals surface area contributed by atoms with Gasteiger partial charge in [0.15, 0.2) is 11.0 Å². The van der Waals surface area contributed by atoms with E-state index in [-0.39, 0.29) is 11.9 Å². The van der Waals surface area contributed by atoms with Crippen molar-refractivity contribution in [2.75, 3.05) is 23.7 Å². The standard InChI is InChI=1S/C23H29N5OS/c1-5-28(6-2)20-14-12-19(13-15-20)22-25-26-23(27(22)4)30-16-21(29)24-17(3)18-10-8-7-9-11-18/h7-15,17H,5-6,16H2,1-4H3,(H,24,29). The predicted molar refractivity (Wildman–Crippen MR) is 124 cm³/mol. The number of hydrogen-bond donors (Lipinski definition) is 1. The molecule has 0 saturated heterocycles. The van der Waals surface area contributed by atoms with Crippen molar-refractivity contribution in [3.63, 3.8) is 0 Å². The molecule has 1 amide bonds. The summed E-state index contributed by atoms with van der Waals surface area (Å²) in [5.41, 5.74) is 3.30. The molecule has 3 rings (SSSR count). The molecule has 0 aliphatic carbocycles. The minimum absolute atomic E-state index is 0.0236. The quantitative estimate of drug-likeness (QED) is 0.520. The molecule has 0 fully saturated rings. The highest BCUT2D eigenvalue weighted by Crippen LogP contribution is 2.25. The van der Waals surface area contributed by atoms with Crippen LogP contribution in [0.1, 0.15) is 32.4 Å². The lowest BCUT2D eigenvalue weighted by Crippen LogP contribution is -2.28. The Bertz CT molecular complexity index is 951. The SMILES string of the molecule is CCN(CC)c1ccc(-c2nnc(SCC(=O)NC(C)c3ccccc3)n2C)cc1. The Morgan fingerprint density at radius 1 is 1.07 bits per heavy atom. The first-order valence-corrected chi connectivity index (χ1v) is 11.2. The number of rotatable bonds is 9. The highest BCUT2D eigenvalue weighted by atomic mass is 32.2. The maximum atomic E-state index is 12.4. The van der Waals surface area contributed by atoms with E-state index in [0.717, 1.165) is 35.2 Å². The molecule has 30 heavy (non-hydrogen) atoms. The van der Waals surface area contributed by atoms with Gasteiger partial charge in [-0.3, -0.25) is 4.79 Å². The molecule has 158 valence electrons. The smallest absolute Gasteiger partial charge is 0.230 e. The number of thioether (sulfide) groups is 1. The first-order chi connectivity index (χ1) is 14.5. The second-order valence-corrected chi connectivity index (χ2v) is 8.02. The molecule has 0 aliphatic heterocycles. The minimum atomic E-state index is -0.0290. The van der Waals surface area contributed by atoms with Crippen LogP contribution in [0.3, 0.4) is 0 Å². The maximum Gasteiger partial charge on any atom is 0.230 e. The summed E-state index contributed by atoms with van der Waals surface area (Å²) in [5.74, 6) is 1.07. The van der Waals surface area contributed by atoms with E-state index in [4.69, 9.17) is 0 Å². The predicted octanol–water partition coefficient (Wildman–Crippen LogP) is 4.30. The number of hydrogen-bond acceptors (Lipinski definition) is 5. The maximum absolute atomic E-state index is 12.4. The summed E-state index contributed by atoms with van der Waals surface area (Å²) >= 11 is 1.39. The van der Waals surface area contributed by atoms with Crippen LogP contribution in [0.25, 0.3) is 11.4 Å². The van der Waals surface area contributed by atoms with E-state index in [2.05, 4.69) is 58.5 Å². The Morgan fingerprint density at radius 2 is 1.73 bits per heavy atom. The number of carbonyl (C=O) groups is 1. The van der Waals surface area contributed by atoms with Crippen LogP contribution < -0.4 is 10.2 Å². The zero-order chi connectivity index (χ0) is 21.5. The van der Waals surface area contributed by atoms with Gasteiger partial charge in [-0.1, -0.05) is 42.1 Å². The molecule has 0 bridgehead atoms. The second-order valence-electron chi connectivity index (χ2n) is 7.07. The van der Waals surface area contributed by atoms with Crippen molar-refractivity contribution in [3.8, 4) is 11.4 Å². The van der Waals surface area contributed by atoms with Gasteiger partial charge in [0.2, 0.25) is 5.91 Å². The lowest BCUT2D eigenvalue weighted by Gasteiger charge is -2.21. The normalized spacial score (nSPS) is 11.9. The molecule has 2 aromatic carbocycles. The van der Waals surface area contributed by atoms with Gasteiger partial charge >= 0.3 is 0 Å². The van der Waals surface area contributed by atoms with Crippen LogP contribution >= 0.6 is 11.8 Å². The fourth-order valence-corrected chi connectivity index (χ4v) is 4.06. The van der Waals surface area contributed by atoms with Crippen molar-refractivity contribution in [2.45, 2.75) is 32.0 Å². The molecule has 0 saturated carbocycles. The average molecular weight is 424 g/mol. The second kappa shape index (κ2) is 10.3. The van der Waals surface area contributed by atoms with Gasteiger partial charge in [-0.2, -0.15) is 0 Å². The summed E-state index contributed by atoms with van der Waals surface area (Å²) in [4.78, 5) is 14.7. The summed E-state index contributed by atoms with van der Waals surface area (Å²) < 4.78 is 1.94. The number of nitrogens with one attached hydrogen (secondary N) is 1. The highest BCUT2D eigenvalue weighted by molar-refractivity contribution is 7.99. The number of carbonyl (C=O) groups excluding carboxylic acids is 1. The number of benzene rings is 2. The Morgan fingerprint density at radius 3 is 2.37 bits per heavy atom. The van der Waals surface area contributed by atoms with Crippen molar-refractivity contribution >= 4 is 23.4 Å². The average Bonchev–Trinajstić information content (AvgIpc) is 3.14. The Hall–Kier alpha value is -2.80. The van der Waals surface area contributed by atoms with Crippen LogP contribution in [-0.2, 0) is 11.8 Å². The first-order valence-electron chi connectivity index (χ1n) is 10.2. The molecule has 0 aliphatic rings. The lowest BCUT2D eigenvalue weighted by molar-refractivity contribution is -0.119. The van der Waals surface area contributed by atoms with Crippen molar-refractivity contribution < 1.29 is 4.79 Å². The fourth-order valence-electron chi connectivity index (χ4n) is 3.34. The Kier molecular flexibility index (Phi) is 7.52. The van der Waals surface area contributed by atoms with Crippen LogP contribution in [0.4, 0.5) is 5.69 Å². The Balaban J connectivity index is 1.61. The Labute approximate surface area is 182 Å². The van der Waals surface area contributed by atoms with Crippen molar-refractivity contribution in [3.05, 3.63) is 60.2 Å². The molecule has 1 heterocycles. The largest absolute Gasteiger partial charge is 0.372 e. The summed E-state index contributed by atoms with van der Waals surface area (Å²) in [6, 6.07) is 18.3. The number of nitrogens with zero attached hydrogens (tertiary/aromatic N) is 4. The third-order valence-electron chi connectivity index (χ3n) is 5.10. The van der Waals surface area contributed by atoms with Gasteiger partial charge in [0.1, 0.15) is 0 Å². The van der Waals surface area contributed by atoms with E-state index in [1.165, 1.54) is 17.4 Å². The van der Waals surface area contributed by atoms with Crippen molar-refractivity contribution in [2.24, 2.45) is 7.05 Å². The molecule has 1 atom stereocenters. The number of anilines is 1. The van der Waals surface area contributed by atoms with Crippen LogP contribution in [0.5, 0.6) is 0 Å². The molecule has 0 radical (unpaired) electrons. The monoisotopic (exact) mass is 423 g/mol. The summed E-state index contributed by atoms with van der Waals surface area (Å²) in [6.07, 6.45) is 0. The zero-order valence-corrected chi connectivity index (χ0v) is 18.8. The zero-order valence-electron chi connectivity index (χ0n) is 18.0. The molecule has 1 unspecified atom stereocenters. The van der Waals surface area contributed by atoms with Gasteiger partial charge in [0.25, 0.3) is 0 Å². The molecular weight excluding hydrogens is 394 g/mol. The van der Waals surface area contributed by atoms with E-state index in [1.807, 2.05) is 48.9 Å². The van der Waals surface area contributed by atoms with E-state index < -0.39 is 0 Å². The first kappa shape index (κ1) is 21.9. The van der Waals surface area contributed by atoms with Crippen molar-refractivity contribution in [1.82, 2.24) is 20.1 Å². The van der Waals surface area contributed by atoms with Crippen LogP contribution in [0.15, 0.2) is 59.8 Å². The number of aromatic nitrogens is 3. The van der Waals surface area contributed by atoms with Gasteiger partial charge in [-0.05, 0) is 50.6 Å².